The number of allylic oxidation sites excluding steroid dienone is 1. The maximum absolute atomic E-state index is 11.0. The zero-order valence-electron chi connectivity index (χ0n) is 31.0. The van der Waals surface area contributed by atoms with Gasteiger partial charge in [0.2, 0.25) is 0 Å². The molecule has 0 aliphatic heterocycles. The molecule has 0 fully saturated rings. The van der Waals surface area contributed by atoms with Crippen molar-refractivity contribution in [1.29, 1.82) is 0 Å². The van der Waals surface area contributed by atoms with Crippen molar-refractivity contribution in [3.8, 4) is 0 Å². The van der Waals surface area contributed by atoms with Crippen molar-refractivity contribution < 1.29 is 13.6 Å². The van der Waals surface area contributed by atoms with E-state index in [2.05, 4.69) is 11.4 Å². The van der Waals surface area contributed by atoms with Crippen LogP contribution in [0.3, 0.4) is 0 Å². The molecule has 0 saturated carbocycles. The zero-order valence-corrected chi connectivity index (χ0v) is 31.9. The Labute approximate surface area is 285 Å². The minimum atomic E-state index is -1.97. The van der Waals surface area contributed by atoms with E-state index < -0.39 is 8.25 Å². The molecular weight excluding hydrogens is 571 g/mol. The van der Waals surface area contributed by atoms with Gasteiger partial charge in [-0.1, -0.05) is 232 Å². The Bertz CT molecular complexity index is 579. The smallest absolute Gasteiger partial charge is 0.238 e. The second kappa shape index (κ2) is 41.6. The Balaban J connectivity index is 3.07. The van der Waals surface area contributed by atoms with Gasteiger partial charge in [-0.25, -0.2) is 4.52 Å². The van der Waals surface area contributed by atoms with Crippen LogP contribution in [0.4, 0.5) is 0 Å². The molecule has 0 aliphatic carbocycles. The molecule has 0 aliphatic rings. The van der Waals surface area contributed by atoms with Crippen molar-refractivity contribution in [2.75, 3.05) is 7.11 Å². The van der Waals surface area contributed by atoms with E-state index in [4.69, 9.17) is 4.52 Å². The Morgan fingerprint density at radius 2 is 0.600 bits per heavy atom. The highest BCUT2D eigenvalue weighted by molar-refractivity contribution is 7.33. The van der Waals surface area contributed by atoms with Gasteiger partial charge in [0.05, 0.1) is 7.11 Å². The minimum absolute atomic E-state index is 0.993. The van der Waals surface area contributed by atoms with Crippen LogP contribution in [-0.4, -0.2) is 7.11 Å². The molecule has 0 radical (unpaired) electrons. The molecule has 0 rings (SSSR count). The molecule has 0 heterocycles. The summed E-state index contributed by atoms with van der Waals surface area (Å²) in [5, 5.41) is 0. The molecule has 3 nitrogen and oxygen atoms in total. The fraction of sp³-hybridized carbons (Fsp3) is 0.951. The standard InChI is InChI=1S/C41H82O3P/c1-3-4-5-6-7-8-9-10-11-12-13-14-15-16-17-18-19-20-21-22-23-24-25-26-27-28-29-30-31-32-33-34-35-36-37-38-39-40-41-44-45(42)43-2/h40-41H,3-39H2,1-2H3/q+1/b41-40+. The molecule has 1 atom stereocenters. The summed E-state index contributed by atoms with van der Waals surface area (Å²) in [5.74, 6) is 0. The Morgan fingerprint density at radius 3 is 0.822 bits per heavy atom. The largest absolute Gasteiger partial charge is 0.749 e. The molecule has 45 heavy (non-hydrogen) atoms. The van der Waals surface area contributed by atoms with Crippen molar-refractivity contribution in [3.63, 3.8) is 0 Å². The molecule has 0 aromatic carbocycles. The van der Waals surface area contributed by atoms with Crippen molar-refractivity contribution in [2.24, 2.45) is 0 Å². The Morgan fingerprint density at radius 1 is 0.378 bits per heavy atom. The summed E-state index contributed by atoms with van der Waals surface area (Å²) in [4.78, 5) is 0. The fourth-order valence-corrected chi connectivity index (χ4v) is 6.82. The van der Waals surface area contributed by atoms with E-state index in [0.29, 0.717) is 0 Å². The van der Waals surface area contributed by atoms with Gasteiger partial charge >= 0.3 is 8.25 Å². The molecule has 0 N–H and O–H groups in total. The van der Waals surface area contributed by atoms with E-state index in [9.17, 15) is 4.57 Å². The highest BCUT2D eigenvalue weighted by Crippen LogP contribution is 2.22. The lowest BCUT2D eigenvalue weighted by atomic mass is 10.0. The van der Waals surface area contributed by atoms with Gasteiger partial charge in [-0.3, -0.25) is 0 Å². The lowest BCUT2D eigenvalue weighted by molar-refractivity contribution is 0.326. The lowest BCUT2D eigenvalue weighted by Crippen LogP contribution is -1.85. The van der Waals surface area contributed by atoms with Crippen LogP contribution in [0.2, 0.25) is 0 Å². The molecule has 0 bridgehead atoms. The predicted molar refractivity (Wildman–Crippen MR) is 201 cm³/mol. The second-order valence-electron chi connectivity index (χ2n) is 14.0. The van der Waals surface area contributed by atoms with Crippen LogP contribution in [0.15, 0.2) is 12.3 Å². The summed E-state index contributed by atoms with van der Waals surface area (Å²) in [6, 6.07) is 0. The van der Waals surface area contributed by atoms with Gasteiger partial charge in [0, 0.05) is 4.57 Å². The lowest BCUT2D eigenvalue weighted by Gasteiger charge is -2.05. The van der Waals surface area contributed by atoms with Gasteiger partial charge in [-0.05, 0) is 18.9 Å². The highest BCUT2D eigenvalue weighted by Gasteiger charge is 2.13. The summed E-state index contributed by atoms with van der Waals surface area (Å²) < 4.78 is 20.4. The number of hydrogen-bond donors (Lipinski definition) is 0. The fourth-order valence-electron chi connectivity index (χ4n) is 6.55. The quantitative estimate of drug-likeness (QED) is 0.0375. The first kappa shape index (κ1) is 44.6. The Hall–Kier alpha value is -0.400. The molecule has 268 valence electrons. The van der Waals surface area contributed by atoms with Crippen LogP contribution in [0, 0.1) is 0 Å². The summed E-state index contributed by atoms with van der Waals surface area (Å²) in [5.41, 5.74) is 0. The maximum atomic E-state index is 11.0. The van der Waals surface area contributed by atoms with Crippen LogP contribution in [0.25, 0.3) is 0 Å². The summed E-state index contributed by atoms with van der Waals surface area (Å²) in [6.45, 7) is 2.31. The molecule has 0 aromatic heterocycles. The SMILES string of the molecule is CCCCCCCCCCCCCCCCCCCCCCCCCCCCCCCCCCCCCC/C=C/O[P+](=O)OC. The molecular formula is C41H82O3P+. The van der Waals surface area contributed by atoms with E-state index in [1.54, 1.807) is 0 Å². The normalized spacial score (nSPS) is 12.0. The van der Waals surface area contributed by atoms with Crippen LogP contribution >= 0.6 is 8.25 Å². The maximum Gasteiger partial charge on any atom is 0.749 e. The van der Waals surface area contributed by atoms with Gasteiger partial charge in [0.15, 0.2) is 0 Å². The Kier molecular flexibility index (Phi) is 41.3. The molecule has 0 spiro atoms. The summed E-state index contributed by atoms with van der Waals surface area (Å²) in [6.07, 6.45) is 56.5. The van der Waals surface area contributed by atoms with E-state index in [1.165, 1.54) is 245 Å². The summed E-state index contributed by atoms with van der Waals surface area (Å²) >= 11 is 0. The molecule has 0 aromatic rings. The monoisotopic (exact) mass is 654 g/mol. The highest BCUT2D eigenvalue weighted by atomic mass is 31.1. The first-order chi connectivity index (χ1) is 22.3. The van der Waals surface area contributed by atoms with Gasteiger partial charge in [0.1, 0.15) is 6.26 Å². The van der Waals surface area contributed by atoms with Crippen LogP contribution < -0.4 is 0 Å². The van der Waals surface area contributed by atoms with Crippen LogP contribution in [0.1, 0.15) is 244 Å². The summed E-state index contributed by atoms with van der Waals surface area (Å²) in [7, 11) is -0.582. The average molecular weight is 654 g/mol. The second-order valence-corrected chi connectivity index (χ2v) is 15.1. The van der Waals surface area contributed by atoms with Gasteiger partial charge < -0.3 is 0 Å². The third-order valence-electron chi connectivity index (χ3n) is 9.62. The van der Waals surface area contributed by atoms with Gasteiger partial charge in [0.25, 0.3) is 0 Å². The number of unbranched alkanes of at least 4 members (excludes halogenated alkanes) is 36. The number of rotatable bonds is 40. The van der Waals surface area contributed by atoms with Crippen LogP contribution in [-0.2, 0) is 13.6 Å². The average Bonchev–Trinajstić information content (AvgIpc) is 3.05. The van der Waals surface area contributed by atoms with E-state index >= 15 is 0 Å². The van der Waals surface area contributed by atoms with Crippen molar-refractivity contribution in [2.45, 2.75) is 244 Å². The van der Waals surface area contributed by atoms with Gasteiger partial charge in [-0.15, -0.1) is 4.52 Å². The van der Waals surface area contributed by atoms with E-state index in [1.807, 2.05) is 6.08 Å². The molecule has 0 amide bonds. The molecule has 4 heteroatoms. The van der Waals surface area contributed by atoms with Gasteiger partial charge in [-0.2, -0.15) is 0 Å². The topological polar surface area (TPSA) is 35.5 Å². The zero-order chi connectivity index (χ0) is 32.6. The predicted octanol–water partition coefficient (Wildman–Crippen LogP) is 16.3. The van der Waals surface area contributed by atoms with Crippen molar-refractivity contribution >= 4 is 8.25 Å². The third-order valence-corrected chi connectivity index (χ3v) is 10.2. The van der Waals surface area contributed by atoms with Crippen LogP contribution in [0.5, 0.6) is 0 Å². The molecule has 0 saturated heterocycles. The van der Waals surface area contributed by atoms with E-state index in [0.717, 1.165) is 6.42 Å². The van der Waals surface area contributed by atoms with Crippen molar-refractivity contribution in [1.82, 2.24) is 0 Å². The first-order valence-corrected chi connectivity index (χ1v) is 21.7. The van der Waals surface area contributed by atoms with Crippen molar-refractivity contribution in [3.05, 3.63) is 12.3 Å². The first-order valence-electron chi connectivity index (χ1n) is 20.6. The number of hydrogen-bond acceptors (Lipinski definition) is 3. The molecule has 1 unspecified atom stereocenters. The minimum Gasteiger partial charge on any atom is -0.238 e. The van der Waals surface area contributed by atoms with E-state index in [-0.39, 0.29) is 0 Å². The third kappa shape index (κ3) is 41.6.